The Labute approximate surface area is 154 Å². The number of anilines is 1. The number of aryl methyl sites for hydroxylation is 1. The summed E-state index contributed by atoms with van der Waals surface area (Å²) in [5, 5.41) is 4.34. The van der Waals surface area contributed by atoms with Gasteiger partial charge in [-0.25, -0.2) is 4.98 Å². The van der Waals surface area contributed by atoms with Gasteiger partial charge in [0.1, 0.15) is 0 Å². The second-order valence-electron chi connectivity index (χ2n) is 7.36. The first-order chi connectivity index (χ1) is 12.7. The van der Waals surface area contributed by atoms with Crippen molar-refractivity contribution in [3.05, 3.63) is 40.1 Å². The SMILES string of the molecule is CCn1nccc1CCN1CCC(c2cc(=O)[nH]c(N3CCCC3)n2)C1. The van der Waals surface area contributed by atoms with E-state index in [-0.39, 0.29) is 5.56 Å². The van der Waals surface area contributed by atoms with Crippen LogP contribution in [-0.4, -0.2) is 57.4 Å². The molecule has 2 saturated heterocycles. The molecule has 140 valence electrons. The van der Waals surface area contributed by atoms with Crippen molar-refractivity contribution < 1.29 is 0 Å². The average molecular weight is 356 g/mol. The van der Waals surface area contributed by atoms with Crippen LogP contribution in [0.1, 0.15) is 43.5 Å². The van der Waals surface area contributed by atoms with Crippen LogP contribution in [0.25, 0.3) is 0 Å². The zero-order valence-corrected chi connectivity index (χ0v) is 15.5. The molecule has 1 unspecified atom stereocenters. The standard InChI is InChI=1S/C19H28N6O/c1-2-25-16(5-8-20-25)7-12-23-11-6-15(14-23)17-13-18(26)22-19(21-17)24-9-3-4-10-24/h5,8,13,15H,2-4,6-7,9-12,14H2,1H3,(H,21,22,26). The monoisotopic (exact) mass is 356 g/mol. The van der Waals surface area contributed by atoms with Gasteiger partial charge in [0, 0.05) is 63.0 Å². The molecular weight excluding hydrogens is 328 g/mol. The van der Waals surface area contributed by atoms with Crippen LogP contribution in [0, 0.1) is 0 Å². The second-order valence-corrected chi connectivity index (χ2v) is 7.36. The van der Waals surface area contributed by atoms with Crippen LogP contribution in [0.5, 0.6) is 0 Å². The number of likely N-dealkylation sites (tertiary alicyclic amines) is 1. The number of aromatic amines is 1. The van der Waals surface area contributed by atoms with Crippen LogP contribution < -0.4 is 10.5 Å². The number of nitrogens with one attached hydrogen (secondary N) is 1. The molecule has 2 fully saturated rings. The Morgan fingerprint density at radius 1 is 1.27 bits per heavy atom. The number of rotatable bonds is 6. The summed E-state index contributed by atoms with van der Waals surface area (Å²) in [5.74, 6) is 1.12. The summed E-state index contributed by atoms with van der Waals surface area (Å²) in [6, 6.07) is 3.80. The number of hydrogen-bond donors (Lipinski definition) is 1. The molecule has 4 rings (SSSR count). The molecule has 0 saturated carbocycles. The van der Waals surface area contributed by atoms with E-state index in [0.717, 1.165) is 63.8 Å². The summed E-state index contributed by atoms with van der Waals surface area (Å²) in [6.45, 7) is 8.11. The molecule has 7 nitrogen and oxygen atoms in total. The third kappa shape index (κ3) is 3.67. The van der Waals surface area contributed by atoms with Crippen molar-refractivity contribution in [2.45, 2.75) is 45.1 Å². The lowest BCUT2D eigenvalue weighted by Crippen LogP contribution is -2.26. The van der Waals surface area contributed by atoms with E-state index in [1.807, 2.05) is 6.20 Å². The minimum absolute atomic E-state index is 0.0257. The molecule has 1 atom stereocenters. The number of nitrogens with zero attached hydrogens (tertiary/aromatic N) is 5. The Morgan fingerprint density at radius 3 is 2.92 bits per heavy atom. The molecule has 1 N–H and O–H groups in total. The molecule has 0 aliphatic carbocycles. The predicted octanol–water partition coefficient (Wildman–Crippen LogP) is 1.62. The minimum Gasteiger partial charge on any atom is -0.342 e. The minimum atomic E-state index is -0.0257. The van der Waals surface area contributed by atoms with Gasteiger partial charge in [0.25, 0.3) is 5.56 Å². The van der Waals surface area contributed by atoms with Crippen LogP contribution in [-0.2, 0) is 13.0 Å². The fourth-order valence-corrected chi connectivity index (χ4v) is 4.16. The van der Waals surface area contributed by atoms with Gasteiger partial charge in [-0.1, -0.05) is 0 Å². The van der Waals surface area contributed by atoms with Crippen molar-refractivity contribution in [3.63, 3.8) is 0 Å². The van der Waals surface area contributed by atoms with Gasteiger partial charge in [0.15, 0.2) is 0 Å². The lowest BCUT2D eigenvalue weighted by molar-refractivity contribution is 0.334. The highest BCUT2D eigenvalue weighted by Crippen LogP contribution is 2.26. The van der Waals surface area contributed by atoms with E-state index in [1.54, 1.807) is 6.07 Å². The molecule has 2 aromatic heterocycles. The molecule has 0 aromatic carbocycles. The van der Waals surface area contributed by atoms with Crippen molar-refractivity contribution in [2.75, 3.05) is 37.6 Å². The maximum absolute atomic E-state index is 12.1. The van der Waals surface area contributed by atoms with Crippen LogP contribution in [0.15, 0.2) is 23.1 Å². The Kier molecular flexibility index (Phi) is 5.06. The summed E-state index contributed by atoms with van der Waals surface area (Å²) in [5.41, 5.74) is 2.22. The topological polar surface area (TPSA) is 70.1 Å². The molecule has 2 aliphatic heterocycles. The second kappa shape index (κ2) is 7.61. The van der Waals surface area contributed by atoms with E-state index in [0.29, 0.717) is 5.92 Å². The van der Waals surface area contributed by atoms with Gasteiger partial charge in [-0.2, -0.15) is 5.10 Å². The summed E-state index contributed by atoms with van der Waals surface area (Å²) in [7, 11) is 0. The Balaban J connectivity index is 1.39. The quantitative estimate of drug-likeness (QED) is 0.852. The van der Waals surface area contributed by atoms with Crippen LogP contribution in [0.4, 0.5) is 5.95 Å². The zero-order chi connectivity index (χ0) is 17.9. The lowest BCUT2D eigenvalue weighted by Gasteiger charge is -2.18. The Morgan fingerprint density at radius 2 is 2.12 bits per heavy atom. The van der Waals surface area contributed by atoms with Crippen LogP contribution >= 0.6 is 0 Å². The first kappa shape index (κ1) is 17.3. The molecule has 7 heteroatoms. The van der Waals surface area contributed by atoms with Crippen molar-refractivity contribution in [2.24, 2.45) is 0 Å². The van der Waals surface area contributed by atoms with Gasteiger partial charge in [0.05, 0.1) is 5.69 Å². The van der Waals surface area contributed by atoms with Crippen molar-refractivity contribution in [3.8, 4) is 0 Å². The highest BCUT2D eigenvalue weighted by Gasteiger charge is 2.26. The maximum atomic E-state index is 12.1. The Hall–Kier alpha value is -2.15. The van der Waals surface area contributed by atoms with Gasteiger partial charge in [0.2, 0.25) is 5.95 Å². The number of H-pyrrole nitrogens is 1. The lowest BCUT2D eigenvalue weighted by atomic mass is 10.1. The fourth-order valence-electron chi connectivity index (χ4n) is 4.16. The fraction of sp³-hybridized carbons (Fsp3) is 0.632. The smallest absolute Gasteiger partial charge is 0.252 e. The van der Waals surface area contributed by atoms with E-state index < -0.39 is 0 Å². The molecule has 4 heterocycles. The van der Waals surface area contributed by atoms with Gasteiger partial charge < -0.3 is 9.80 Å². The summed E-state index contributed by atoms with van der Waals surface area (Å²) < 4.78 is 2.06. The predicted molar refractivity (Wildman–Crippen MR) is 102 cm³/mol. The molecule has 26 heavy (non-hydrogen) atoms. The van der Waals surface area contributed by atoms with Crippen molar-refractivity contribution in [1.82, 2.24) is 24.6 Å². The molecule has 0 bridgehead atoms. The number of hydrogen-bond acceptors (Lipinski definition) is 5. The maximum Gasteiger partial charge on any atom is 0.252 e. The average Bonchev–Trinajstić information content (AvgIpc) is 3.40. The van der Waals surface area contributed by atoms with Crippen molar-refractivity contribution in [1.29, 1.82) is 0 Å². The van der Waals surface area contributed by atoms with Gasteiger partial charge in [-0.3, -0.25) is 14.5 Å². The third-order valence-electron chi connectivity index (χ3n) is 5.63. The third-order valence-corrected chi connectivity index (χ3v) is 5.63. The summed E-state index contributed by atoms with van der Waals surface area (Å²) in [6.07, 6.45) is 6.33. The molecule has 0 spiro atoms. The van der Waals surface area contributed by atoms with E-state index in [9.17, 15) is 4.79 Å². The Bertz CT molecular complexity index is 791. The first-order valence-corrected chi connectivity index (χ1v) is 9.82. The van der Waals surface area contributed by atoms with E-state index in [1.165, 1.54) is 18.5 Å². The molecular formula is C19H28N6O. The number of aromatic nitrogens is 4. The van der Waals surface area contributed by atoms with E-state index >= 15 is 0 Å². The molecule has 2 aliphatic rings. The van der Waals surface area contributed by atoms with Gasteiger partial charge in [-0.15, -0.1) is 0 Å². The highest BCUT2D eigenvalue weighted by molar-refractivity contribution is 5.32. The molecule has 2 aromatic rings. The van der Waals surface area contributed by atoms with Crippen LogP contribution in [0.3, 0.4) is 0 Å². The highest BCUT2D eigenvalue weighted by atomic mass is 16.1. The van der Waals surface area contributed by atoms with Crippen molar-refractivity contribution >= 4 is 5.95 Å². The van der Waals surface area contributed by atoms with E-state index in [2.05, 4.69) is 37.6 Å². The first-order valence-electron chi connectivity index (χ1n) is 9.82. The summed E-state index contributed by atoms with van der Waals surface area (Å²) in [4.78, 5) is 24.5. The molecule has 0 radical (unpaired) electrons. The largest absolute Gasteiger partial charge is 0.342 e. The zero-order valence-electron chi connectivity index (χ0n) is 15.5. The van der Waals surface area contributed by atoms with Gasteiger partial charge in [-0.05, 0) is 38.8 Å². The summed E-state index contributed by atoms with van der Waals surface area (Å²) >= 11 is 0. The normalized spacial score (nSPS) is 21.0. The van der Waals surface area contributed by atoms with E-state index in [4.69, 9.17) is 4.98 Å². The van der Waals surface area contributed by atoms with Gasteiger partial charge >= 0.3 is 0 Å². The molecule has 0 amide bonds. The van der Waals surface area contributed by atoms with Crippen LogP contribution in [0.2, 0.25) is 0 Å².